The van der Waals surface area contributed by atoms with Crippen LogP contribution in [0.5, 0.6) is 0 Å². The number of thioether (sulfide) groups is 1. The van der Waals surface area contributed by atoms with E-state index >= 15 is 0 Å². The molecule has 0 radical (unpaired) electrons. The normalized spacial score (nSPS) is 18.5. The third-order valence-electron chi connectivity index (χ3n) is 3.97. The lowest BCUT2D eigenvalue weighted by Gasteiger charge is -2.26. The zero-order chi connectivity index (χ0) is 19.3. The molecule has 1 N–H and O–H groups in total. The Morgan fingerprint density at radius 1 is 1.46 bits per heavy atom. The summed E-state index contributed by atoms with van der Waals surface area (Å²) in [6, 6.07) is 0.889. The number of ether oxygens (including phenoxy) is 1. The summed E-state index contributed by atoms with van der Waals surface area (Å²) in [6.45, 7) is 2.20. The van der Waals surface area contributed by atoms with Crippen molar-refractivity contribution in [1.82, 2.24) is 14.9 Å². The van der Waals surface area contributed by atoms with Gasteiger partial charge in [-0.3, -0.25) is 14.4 Å². The SMILES string of the molecule is CCN(C(=O)CSc1nc(CC(=O)OC)cc(=O)[nH]1)[C@@H]1CCS(=O)(=O)C1. The second-order valence-electron chi connectivity index (χ2n) is 5.82. The number of hydrogen-bond acceptors (Lipinski definition) is 8. The van der Waals surface area contributed by atoms with Crippen molar-refractivity contribution in [3.8, 4) is 0 Å². The Morgan fingerprint density at radius 2 is 2.19 bits per heavy atom. The van der Waals surface area contributed by atoms with Crippen molar-refractivity contribution in [2.75, 3.05) is 30.9 Å². The van der Waals surface area contributed by atoms with E-state index in [1.807, 2.05) is 0 Å². The summed E-state index contributed by atoms with van der Waals surface area (Å²) in [5.41, 5.74) is -0.173. The number of hydrogen-bond donors (Lipinski definition) is 1. The standard InChI is InChI=1S/C15H21N3O6S2/c1-3-18(11-4-5-26(22,23)9-11)13(20)8-25-15-16-10(6-12(19)17-15)7-14(21)24-2/h6,11H,3-5,7-9H2,1-2H3,(H,16,17,19)/t11-/m1/s1. The Kier molecular flexibility index (Phi) is 6.81. The summed E-state index contributed by atoms with van der Waals surface area (Å²) in [6.07, 6.45) is 0.305. The zero-order valence-electron chi connectivity index (χ0n) is 14.6. The van der Waals surface area contributed by atoms with Crippen molar-refractivity contribution in [1.29, 1.82) is 0 Å². The number of nitrogens with one attached hydrogen (secondary N) is 1. The van der Waals surface area contributed by atoms with Crippen LogP contribution in [-0.4, -0.2) is 72.1 Å². The van der Waals surface area contributed by atoms with Crippen LogP contribution in [0, 0.1) is 0 Å². The van der Waals surface area contributed by atoms with Gasteiger partial charge in [0.2, 0.25) is 5.91 Å². The number of aromatic nitrogens is 2. The average Bonchev–Trinajstić information content (AvgIpc) is 2.92. The molecule has 0 aliphatic carbocycles. The van der Waals surface area contributed by atoms with E-state index in [4.69, 9.17) is 0 Å². The van der Waals surface area contributed by atoms with Crippen molar-refractivity contribution < 1.29 is 22.7 Å². The third kappa shape index (κ3) is 5.56. The third-order valence-corrected chi connectivity index (χ3v) is 6.58. The molecule has 11 heteroatoms. The van der Waals surface area contributed by atoms with Crippen molar-refractivity contribution in [3.05, 3.63) is 22.1 Å². The van der Waals surface area contributed by atoms with Gasteiger partial charge < -0.3 is 14.6 Å². The minimum atomic E-state index is -3.08. The molecule has 0 aromatic carbocycles. The minimum Gasteiger partial charge on any atom is -0.469 e. The van der Waals surface area contributed by atoms with Gasteiger partial charge in [-0.25, -0.2) is 13.4 Å². The Morgan fingerprint density at radius 3 is 2.77 bits per heavy atom. The van der Waals surface area contributed by atoms with Crippen molar-refractivity contribution in [3.63, 3.8) is 0 Å². The molecule has 26 heavy (non-hydrogen) atoms. The molecule has 1 aromatic heterocycles. The molecule has 144 valence electrons. The average molecular weight is 403 g/mol. The summed E-state index contributed by atoms with van der Waals surface area (Å²) < 4.78 is 27.8. The molecule has 2 heterocycles. The van der Waals surface area contributed by atoms with Crippen LogP contribution in [0.2, 0.25) is 0 Å². The van der Waals surface area contributed by atoms with E-state index in [9.17, 15) is 22.8 Å². The van der Waals surface area contributed by atoms with Gasteiger partial charge in [0.1, 0.15) is 0 Å². The molecule has 0 saturated carbocycles. The first-order chi connectivity index (χ1) is 12.2. The fraction of sp³-hybridized carbons (Fsp3) is 0.600. The topological polar surface area (TPSA) is 126 Å². The van der Waals surface area contributed by atoms with E-state index in [0.29, 0.717) is 13.0 Å². The van der Waals surface area contributed by atoms with Crippen molar-refractivity contribution >= 4 is 33.5 Å². The number of sulfone groups is 1. The predicted molar refractivity (Wildman–Crippen MR) is 95.7 cm³/mol. The number of carbonyl (C=O) groups excluding carboxylic acids is 2. The summed E-state index contributed by atoms with van der Waals surface area (Å²) in [7, 11) is -1.84. The lowest BCUT2D eigenvalue weighted by Crippen LogP contribution is -2.42. The highest BCUT2D eigenvalue weighted by Crippen LogP contribution is 2.20. The van der Waals surface area contributed by atoms with Gasteiger partial charge in [-0.2, -0.15) is 0 Å². The maximum absolute atomic E-state index is 12.5. The Balaban J connectivity index is 2.02. The molecule has 1 atom stereocenters. The maximum Gasteiger partial charge on any atom is 0.311 e. The number of nitrogens with zero attached hydrogens (tertiary/aromatic N) is 2. The zero-order valence-corrected chi connectivity index (χ0v) is 16.2. The second-order valence-corrected chi connectivity index (χ2v) is 9.01. The Labute approximate surface area is 155 Å². The van der Waals surface area contributed by atoms with Crippen LogP contribution in [-0.2, 0) is 30.6 Å². The minimum absolute atomic E-state index is 0.00893. The molecule has 0 bridgehead atoms. The van der Waals surface area contributed by atoms with Gasteiger partial charge in [-0.1, -0.05) is 11.8 Å². The summed E-state index contributed by atoms with van der Waals surface area (Å²) >= 11 is 1.03. The number of aromatic amines is 1. The largest absolute Gasteiger partial charge is 0.469 e. The lowest BCUT2D eigenvalue weighted by atomic mass is 10.2. The van der Waals surface area contributed by atoms with Crippen LogP contribution in [0.1, 0.15) is 19.0 Å². The van der Waals surface area contributed by atoms with Crippen LogP contribution in [0.25, 0.3) is 0 Å². The van der Waals surface area contributed by atoms with Gasteiger partial charge in [0.15, 0.2) is 15.0 Å². The van der Waals surface area contributed by atoms with Gasteiger partial charge in [0.25, 0.3) is 5.56 Å². The van der Waals surface area contributed by atoms with Crippen LogP contribution < -0.4 is 5.56 Å². The van der Waals surface area contributed by atoms with E-state index in [1.54, 1.807) is 11.8 Å². The van der Waals surface area contributed by atoms with Gasteiger partial charge in [0, 0.05) is 18.7 Å². The fourth-order valence-electron chi connectivity index (χ4n) is 2.73. The van der Waals surface area contributed by atoms with E-state index in [0.717, 1.165) is 11.8 Å². The molecule has 0 unspecified atom stereocenters. The van der Waals surface area contributed by atoms with Crippen LogP contribution in [0.4, 0.5) is 0 Å². The van der Waals surface area contributed by atoms with Crippen LogP contribution in [0.3, 0.4) is 0 Å². The molecule has 0 spiro atoms. The molecule has 2 rings (SSSR count). The number of amides is 1. The highest BCUT2D eigenvalue weighted by Gasteiger charge is 2.33. The van der Waals surface area contributed by atoms with E-state index in [-0.39, 0.29) is 46.5 Å². The summed E-state index contributed by atoms with van der Waals surface area (Å²) in [5, 5.41) is 0.222. The van der Waals surface area contributed by atoms with Crippen LogP contribution in [0.15, 0.2) is 16.0 Å². The highest BCUT2D eigenvalue weighted by atomic mass is 32.2. The van der Waals surface area contributed by atoms with E-state index < -0.39 is 21.4 Å². The first-order valence-electron chi connectivity index (χ1n) is 8.04. The molecule has 1 aromatic rings. The van der Waals surface area contributed by atoms with E-state index in [2.05, 4.69) is 14.7 Å². The molecule has 1 amide bonds. The first kappa shape index (κ1) is 20.4. The van der Waals surface area contributed by atoms with Gasteiger partial charge >= 0.3 is 5.97 Å². The van der Waals surface area contributed by atoms with Crippen molar-refractivity contribution in [2.24, 2.45) is 0 Å². The molecular formula is C15H21N3O6S2. The Bertz CT molecular complexity index is 836. The number of rotatable bonds is 7. The molecule has 1 aliphatic rings. The van der Waals surface area contributed by atoms with Gasteiger partial charge in [-0.05, 0) is 13.3 Å². The summed E-state index contributed by atoms with van der Waals surface area (Å²) in [5.74, 6) is -0.648. The number of carbonyl (C=O) groups is 2. The second kappa shape index (κ2) is 8.67. The van der Waals surface area contributed by atoms with Gasteiger partial charge in [-0.15, -0.1) is 0 Å². The first-order valence-corrected chi connectivity index (χ1v) is 10.8. The molecular weight excluding hydrogens is 382 g/mol. The smallest absolute Gasteiger partial charge is 0.311 e. The quantitative estimate of drug-likeness (QED) is 0.371. The number of H-pyrrole nitrogens is 1. The number of esters is 1. The molecule has 9 nitrogen and oxygen atoms in total. The maximum atomic E-state index is 12.5. The molecule has 1 aliphatic heterocycles. The Hall–Kier alpha value is -1.88. The van der Waals surface area contributed by atoms with Gasteiger partial charge in [0.05, 0.1) is 36.5 Å². The number of methoxy groups -OCH3 is 1. The van der Waals surface area contributed by atoms with Crippen molar-refractivity contribution in [2.45, 2.75) is 31.0 Å². The monoisotopic (exact) mass is 403 g/mol. The molecule has 1 fully saturated rings. The van der Waals surface area contributed by atoms with Crippen LogP contribution >= 0.6 is 11.8 Å². The molecule has 1 saturated heterocycles. The highest BCUT2D eigenvalue weighted by molar-refractivity contribution is 7.99. The van der Waals surface area contributed by atoms with E-state index in [1.165, 1.54) is 13.2 Å². The summed E-state index contributed by atoms with van der Waals surface area (Å²) in [4.78, 5) is 43.6. The predicted octanol–water partition coefficient (Wildman–Crippen LogP) is -0.387. The fourth-order valence-corrected chi connectivity index (χ4v) is 5.25. The lowest BCUT2D eigenvalue weighted by molar-refractivity contribution is -0.139.